The lowest BCUT2D eigenvalue weighted by atomic mass is 10.2. The second-order valence-corrected chi connectivity index (χ2v) is 2.41. The Kier molecular flexibility index (Phi) is 5.58. The molecule has 3 nitrogen and oxygen atoms in total. The van der Waals surface area contributed by atoms with Gasteiger partial charge >= 0.3 is 0 Å². The fourth-order valence-corrected chi connectivity index (χ4v) is 0.827. The first-order valence-electron chi connectivity index (χ1n) is 3.66. The van der Waals surface area contributed by atoms with Gasteiger partial charge in [0.05, 0.1) is 6.10 Å². The Balaban J connectivity index is 3.27. The van der Waals surface area contributed by atoms with Crippen molar-refractivity contribution in [3.63, 3.8) is 0 Å². The van der Waals surface area contributed by atoms with Crippen molar-refractivity contribution in [3.8, 4) is 0 Å². The second-order valence-electron chi connectivity index (χ2n) is 2.41. The topological polar surface area (TPSA) is 38.7 Å². The van der Waals surface area contributed by atoms with E-state index in [1.807, 2.05) is 6.92 Å². The molecule has 2 atom stereocenters. The van der Waals surface area contributed by atoms with E-state index in [0.29, 0.717) is 0 Å². The lowest BCUT2D eigenvalue weighted by molar-refractivity contribution is -0.347. The maximum Gasteiger partial charge on any atom is 0.188 e. The lowest BCUT2D eigenvalue weighted by Crippen LogP contribution is -2.18. The van der Waals surface area contributed by atoms with E-state index < -0.39 is 6.29 Å². The molecule has 0 aliphatic heterocycles. The molecule has 0 saturated heterocycles. The van der Waals surface area contributed by atoms with Gasteiger partial charge in [-0.05, 0) is 20.3 Å². The fourth-order valence-electron chi connectivity index (χ4n) is 0.827. The number of hydrogen-bond acceptors (Lipinski definition) is 3. The van der Waals surface area contributed by atoms with Crippen LogP contribution >= 0.6 is 0 Å². The lowest BCUT2D eigenvalue weighted by Gasteiger charge is -2.15. The zero-order valence-electron chi connectivity index (χ0n) is 6.83. The first-order valence-corrected chi connectivity index (χ1v) is 3.66. The quantitative estimate of drug-likeness (QED) is 0.368. The molecule has 0 radical (unpaired) electrons. The van der Waals surface area contributed by atoms with E-state index >= 15 is 0 Å². The molecule has 2 unspecified atom stereocenters. The zero-order chi connectivity index (χ0) is 7.98. The summed E-state index contributed by atoms with van der Waals surface area (Å²) in [6, 6.07) is 0. The van der Waals surface area contributed by atoms with Crippen LogP contribution in [0, 0.1) is 0 Å². The van der Waals surface area contributed by atoms with Crippen molar-refractivity contribution in [3.05, 3.63) is 0 Å². The highest BCUT2D eigenvalue weighted by atomic mass is 17.1. The average Bonchev–Trinajstić information content (AvgIpc) is 1.88. The molecule has 10 heavy (non-hydrogen) atoms. The van der Waals surface area contributed by atoms with Crippen LogP contribution in [0.3, 0.4) is 0 Å². The van der Waals surface area contributed by atoms with Crippen LogP contribution in [0.25, 0.3) is 0 Å². The molecule has 0 aliphatic rings. The predicted octanol–water partition coefficient (Wildman–Crippen LogP) is 2.03. The summed E-state index contributed by atoms with van der Waals surface area (Å²) in [4.78, 5) is 3.94. The van der Waals surface area contributed by atoms with Crippen molar-refractivity contribution >= 4 is 0 Å². The van der Waals surface area contributed by atoms with Gasteiger partial charge in [-0.15, -0.1) is 0 Å². The average molecular weight is 148 g/mol. The van der Waals surface area contributed by atoms with Gasteiger partial charge in [-0.1, -0.05) is 13.3 Å². The highest BCUT2D eigenvalue weighted by Crippen LogP contribution is 2.04. The monoisotopic (exact) mass is 148 g/mol. The molecule has 1 N–H and O–H groups in total. The van der Waals surface area contributed by atoms with Crippen LogP contribution in [0.2, 0.25) is 0 Å². The summed E-state index contributed by atoms with van der Waals surface area (Å²) in [5.74, 6) is 0. The normalized spacial score (nSPS) is 16.8. The first kappa shape index (κ1) is 9.88. The number of hydrogen-bond donors (Lipinski definition) is 1. The van der Waals surface area contributed by atoms with Crippen molar-refractivity contribution in [1.82, 2.24) is 0 Å². The van der Waals surface area contributed by atoms with E-state index in [4.69, 9.17) is 9.99 Å². The Morgan fingerprint density at radius 2 is 2.00 bits per heavy atom. The van der Waals surface area contributed by atoms with Gasteiger partial charge in [0.25, 0.3) is 0 Å². The molecule has 0 bridgehead atoms. The largest absolute Gasteiger partial charge is 0.347 e. The van der Waals surface area contributed by atoms with Crippen molar-refractivity contribution < 1.29 is 14.9 Å². The molecule has 0 aromatic rings. The SMILES string of the molecule is CCCC(C)OC(C)OO. The van der Waals surface area contributed by atoms with Crippen molar-refractivity contribution in [1.29, 1.82) is 0 Å². The van der Waals surface area contributed by atoms with Gasteiger partial charge < -0.3 is 4.74 Å². The zero-order valence-corrected chi connectivity index (χ0v) is 6.83. The molecule has 0 saturated carbocycles. The van der Waals surface area contributed by atoms with Crippen LogP contribution in [-0.4, -0.2) is 17.7 Å². The number of ether oxygens (including phenoxy) is 1. The van der Waals surface area contributed by atoms with Gasteiger partial charge in [0, 0.05) is 0 Å². The minimum Gasteiger partial charge on any atom is -0.347 e. The minimum atomic E-state index is -0.512. The van der Waals surface area contributed by atoms with E-state index in [-0.39, 0.29) is 6.10 Å². The van der Waals surface area contributed by atoms with Crippen LogP contribution < -0.4 is 0 Å². The molecule has 0 rings (SSSR count). The highest BCUT2D eigenvalue weighted by molar-refractivity contribution is 4.47. The molecule has 0 fully saturated rings. The van der Waals surface area contributed by atoms with Crippen molar-refractivity contribution in [2.45, 2.75) is 46.0 Å². The summed E-state index contributed by atoms with van der Waals surface area (Å²) in [5.41, 5.74) is 0. The smallest absolute Gasteiger partial charge is 0.188 e. The van der Waals surface area contributed by atoms with Gasteiger partial charge in [0.2, 0.25) is 0 Å². The third-order valence-electron chi connectivity index (χ3n) is 1.27. The summed E-state index contributed by atoms with van der Waals surface area (Å²) >= 11 is 0. The Hall–Kier alpha value is -0.120. The van der Waals surface area contributed by atoms with E-state index in [2.05, 4.69) is 11.8 Å². The van der Waals surface area contributed by atoms with E-state index in [0.717, 1.165) is 12.8 Å². The Morgan fingerprint density at radius 3 is 2.40 bits per heavy atom. The maximum atomic E-state index is 8.13. The van der Waals surface area contributed by atoms with E-state index in [1.165, 1.54) is 0 Å². The Labute approximate surface area is 61.9 Å². The Bertz CT molecular complexity index is 75.3. The third kappa shape index (κ3) is 4.73. The van der Waals surface area contributed by atoms with Gasteiger partial charge in [0.1, 0.15) is 0 Å². The summed E-state index contributed by atoms with van der Waals surface area (Å²) < 4.78 is 5.17. The summed E-state index contributed by atoms with van der Waals surface area (Å²) in [6.07, 6.45) is 1.72. The van der Waals surface area contributed by atoms with E-state index in [1.54, 1.807) is 6.92 Å². The molecule has 0 spiro atoms. The molecule has 3 heteroatoms. The van der Waals surface area contributed by atoms with E-state index in [9.17, 15) is 0 Å². The molecule has 0 aromatic heterocycles. The van der Waals surface area contributed by atoms with Crippen LogP contribution in [0.4, 0.5) is 0 Å². The molecule has 0 amide bonds. The van der Waals surface area contributed by atoms with Crippen molar-refractivity contribution in [2.24, 2.45) is 0 Å². The van der Waals surface area contributed by atoms with Gasteiger partial charge in [0.15, 0.2) is 6.29 Å². The van der Waals surface area contributed by atoms with Crippen molar-refractivity contribution in [2.75, 3.05) is 0 Å². The molecule has 0 heterocycles. The predicted molar refractivity (Wildman–Crippen MR) is 38.6 cm³/mol. The minimum absolute atomic E-state index is 0.159. The van der Waals surface area contributed by atoms with Crippen LogP contribution in [0.1, 0.15) is 33.6 Å². The third-order valence-corrected chi connectivity index (χ3v) is 1.27. The van der Waals surface area contributed by atoms with Gasteiger partial charge in [-0.3, -0.25) is 0 Å². The highest BCUT2D eigenvalue weighted by Gasteiger charge is 2.06. The van der Waals surface area contributed by atoms with Gasteiger partial charge in [-0.25, -0.2) is 10.1 Å². The standard InChI is InChI=1S/C7H16O3/c1-4-5-6(2)9-7(3)10-8/h6-8H,4-5H2,1-3H3. The van der Waals surface area contributed by atoms with Gasteiger partial charge in [-0.2, -0.15) is 0 Å². The van der Waals surface area contributed by atoms with Crippen LogP contribution in [0.15, 0.2) is 0 Å². The van der Waals surface area contributed by atoms with Crippen LogP contribution in [-0.2, 0) is 9.62 Å². The molecule has 0 aromatic carbocycles. The summed E-state index contributed by atoms with van der Waals surface area (Å²) in [7, 11) is 0. The summed E-state index contributed by atoms with van der Waals surface area (Å²) in [5, 5.41) is 8.13. The molecular weight excluding hydrogens is 132 g/mol. The van der Waals surface area contributed by atoms with Crippen LogP contribution in [0.5, 0.6) is 0 Å². The second kappa shape index (κ2) is 5.65. The Morgan fingerprint density at radius 1 is 1.40 bits per heavy atom. The summed E-state index contributed by atoms with van der Waals surface area (Å²) in [6.45, 7) is 5.70. The number of rotatable bonds is 5. The maximum absolute atomic E-state index is 8.13. The first-order chi connectivity index (χ1) is 4.70. The molecular formula is C7H16O3. The molecule has 0 aliphatic carbocycles. The molecule has 62 valence electrons. The fraction of sp³-hybridized carbons (Fsp3) is 1.00.